The summed E-state index contributed by atoms with van der Waals surface area (Å²) in [7, 11) is 0. The van der Waals surface area contributed by atoms with E-state index < -0.39 is 0 Å². The van der Waals surface area contributed by atoms with Crippen molar-refractivity contribution in [3.05, 3.63) is 11.1 Å². The van der Waals surface area contributed by atoms with Crippen molar-refractivity contribution in [3.8, 4) is 0 Å². The molecule has 0 radical (unpaired) electrons. The van der Waals surface area contributed by atoms with Crippen LogP contribution in [0.3, 0.4) is 0 Å². The molecule has 1 N–H and O–H groups in total. The minimum atomic E-state index is 0.404. The molecule has 0 aliphatic carbocycles. The second-order valence-corrected chi connectivity index (χ2v) is 7.45. The molecular weight excluding hydrogens is 266 g/mol. The lowest BCUT2D eigenvalue weighted by Gasteiger charge is -2.25. The first-order valence-corrected chi connectivity index (χ1v) is 8.69. The molecule has 0 aromatic carbocycles. The summed E-state index contributed by atoms with van der Waals surface area (Å²) in [6.07, 6.45) is 3.21. The Morgan fingerprint density at radius 2 is 1.75 bits per heavy atom. The summed E-state index contributed by atoms with van der Waals surface area (Å²) in [4.78, 5) is 8.44. The molecule has 0 saturated carbocycles. The van der Waals surface area contributed by atoms with Gasteiger partial charge in [0.1, 0.15) is 0 Å². The molecule has 1 heterocycles. The maximum Gasteiger partial charge on any atom is 0.185 e. The van der Waals surface area contributed by atoms with Crippen LogP contribution in [0.1, 0.15) is 58.9 Å². The van der Waals surface area contributed by atoms with Gasteiger partial charge in [0.2, 0.25) is 0 Å². The highest BCUT2D eigenvalue weighted by Gasteiger charge is 2.16. The zero-order valence-corrected chi connectivity index (χ0v) is 14.8. The van der Waals surface area contributed by atoms with Crippen molar-refractivity contribution in [1.29, 1.82) is 0 Å². The topological polar surface area (TPSA) is 28.2 Å². The minimum Gasteiger partial charge on any atom is -0.348 e. The van der Waals surface area contributed by atoms with E-state index in [2.05, 4.69) is 56.7 Å². The molecule has 0 spiro atoms. The number of rotatable bonds is 9. The number of anilines is 1. The quantitative estimate of drug-likeness (QED) is 0.735. The fraction of sp³-hybridized carbons (Fsp3) is 0.812. The van der Waals surface area contributed by atoms with Crippen LogP contribution in [0.5, 0.6) is 0 Å². The van der Waals surface area contributed by atoms with Gasteiger partial charge in [0.25, 0.3) is 0 Å². The van der Waals surface area contributed by atoms with Gasteiger partial charge in [-0.05, 0) is 31.7 Å². The number of nitrogens with one attached hydrogen (secondary N) is 1. The second kappa shape index (κ2) is 8.63. The van der Waals surface area contributed by atoms with Gasteiger partial charge in [0, 0.05) is 30.2 Å². The number of aromatic nitrogens is 1. The van der Waals surface area contributed by atoms with Gasteiger partial charge in [-0.3, -0.25) is 0 Å². The largest absolute Gasteiger partial charge is 0.348 e. The van der Waals surface area contributed by atoms with Crippen molar-refractivity contribution < 1.29 is 0 Å². The van der Waals surface area contributed by atoms with Crippen molar-refractivity contribution in [3.63, 3.8) is 0 Å². The Bertz CT molecular complexity index is 364. The summed E-state index contributed by atoms with van der Waals surface area (Å²) in [5.74, 6) is 1.33. The maximum atomic E-state index is 4.66. The van der Waals surface area contributed by atoms with Gasteiger partial charge in [-0.25, -0.2) is 4.98 Å². The average molecular weight is 298 g/mol. The fourth-order valence-electron chi connectivity index (χ4n) is 2.20. The zero-order valence-electron chi connectivity index (χ0n) is 13.9. The molecule has 1 aromatic heterocycles. The molecule has 1 atom stereocenters. The Kier molecular flexibility index (Phi) is 7.52. The van der Waals surface area contributed by atoms with E-state index in [1.807, 2.05) is 17.5 Å². The maximum absolute atomic E-state index is 4.66. The standard InChI is InChI=1S/C16H31N3S/c1-7-8-17-14(6)15-9-18-16(20-15)19(10-12(2)3)11-13(4)5/h9,12-14,17H,7-8,10-11H2,1-6H3. The van der Waals surface area contributed by atoms with Crippen molar-refractivity contribution in [1.82, 2.24) is 10.3 Å². The predicted molar refractivity (Wildman–Crippen MR) is 90.7 cm³/mol. The van der Waals surface area contributed by atoms with Crippen LogP contribution in [0.25, 0.3) is 0 Å². The van der Waals surface area contributed by atoms with Crippen molar-refractivity contribution >= 4 is 16.5 Å². The third-order valence-electron chi connectivity index (χ3n) is 3.08. The highest BCUT2D eigenvalue weighted by Crippen LogP contribution is 2.28. The van der Waals surface area contributed by atoms with E-state index in [1.165, 1.54) is 16.4 Å². The third-order valence-corrected chi connectivity index (χ3v) is 4.32. The number of hydrogen-bond acceptors (Lipinski definition) is 4. The first kappa shape index (κ1) is 17.4. The first-order chi connectivity index (χ1) is 9.43. The minimum absolute atomic E-state index is 0.404. The van der Waals surface area contributed by atoms with E-state index in [1.54, 1.807) is 0 Å². The SMILES string of the molecule is CCCNC(C)c1cnc(N(CC(C)C)CC(C)C)s1. The normalized spacial score (nSPS) is 13.2. The molecule has 0 aliphatic heterocycles. The number of hydrogen-bond donors (Lipinski definition) is 1. The predicted octanol–water partition coefficient (Wildman–Crippen LogP) is 4.32. The van der Waals surface area contributed by atoms with Crippen molar-refractivity contribution in [2.45, 2.75) is 54.0 Å². The van der Waals surface area contributed by atoms with E-state index in [0.717, 1.165) is 19.6 Å². The molecule has 0 fully saturated rings. The number of thiazole rings is 1. The Hall–Kier alpha value is -0.610. The highest BCUT2D eigenvalue weighted by molar-refractivity contribution is 7.15. The van der Waals surface area contributed by atoms with Gasteiger partial charge in [0.05, 0.1) is 0 Å². The van der Waals surface area contributed by atoms with Gasteiger partial charge < -0.3 is 10.2 Å². The van der Waals surface area contributed by atoms with Crippen LogP contribution < -0.4 is 10.2 Å². The molecule has 0 bridgehead atoms. The van der Waals surface area contributed by atoms with Crippen LogP contribution >= 0.6 is 11.3 Å². The molecule has 0 amide bonds. The second-order valence-electron chi connectivity index (χ2n) is 6.41. The molecule has 0 aliphatic rings. The monoisotopic (exact) mass is 297 g/mol. The lowest BCUT2D eigenvalue weighted by molar-refractivity contribution is 0.552. The van der Waals surface area contributed by atoms with Gasteiger partial charge in [-0.1, -0.05) is 34.6 Å². The number of nitrogens with zero attached hydrogens (tertiary/aromatic N) is 2. The van der Waals surface area contributed by atoms with Crippen LogP contribution in [0.4, 0.5) is 5.13 Å². The van der Waals surface area contributed by atoms with Crippen LogP contribution in [0.15, 0.2) is 6.20 Å². The molecule has 1 rings (SSSR count). The van der Waals surface area contributed by atoms with Crippen molar-refractivity contribution in [2.75, 3.05) is 24.5 Å². The molecule has 1 aromatic rings. The summed E-state index contributed by atoms with van der Waals surface area (Å²) >= 11 is 1.84. The molecule has 20 heavy (non-hydrogen) atoms. The Morgan fingerprint density at radius 3 is 2.25 bits per heavy atom. The Balaban J connectivity index is 2.74. The molecule has 4 heteroatoms. The molecule has 0 saturated heterocycles. The van der Waals surface area contributed by atoms with Gasteiger partial charge in [-0.15, -0.1) is 11.3 Å². The lowest BCUT2D eigenvalue weighted by Crippen LogP contribution is -2.31. The van der Waals surface area contributed by atoms with Crippen LogP contribution in [0, 0.1) is 11.8 Å². The van der Waals surface area contributed by atoms with Gasteiger partial charge in [0.15, 0.2) is 5.13 Å². The summed E-state index contributed by atoms with van der Waals surface area (Å²) < 4.78 is 0. The van der Waals surface area contributed by atoms with Crippen LogP contribution in [-0.2, 0) is 0 Å². The van der Waals surface area contributed by atoms with Gasteiger partial charge >= 0.3 is 0 Å². The highest BCUT2D eigenvalue weighted by atomic mass is 32.1. The lowest BCUT2D eigenvalue weighted by atomic mass is 10.1. The van der Waals surface area contributed by atoms with Crippen LogP contribution in [0.2, 0.25) is 0 Å². The van der Waals surface area contributed by atoms with E-state index >= 15 is 0 Å². The molecule has 116 valence electrons. The fourth-order valence-corrected chi connectivity index (χ4v) is 3.16. The van der Waals surface area contributed by atoms with Crippen LogP contribution in [-0.4, -0.2) is 24.6 Å². The molecule has 3 nitrogen and oxygen atoms in total. The van der Waals surface area contributed by atoms with E-state index in [0.29, 0.717) is 17.9 Å². The summed E-state index contributed by atoms with van der Waals surface area (Å²) in [5, 5.41) is 4.71. The molecule has 1 unspecified atom stereocenters. The van der Waals surface area contributed by atoms with E-state index in [-0.39, 0.29) is 0 Å². The summed E-state index contributed by atoms with van der Waals surface area (Å²) in [6.45, 7) is 16.7. The average Bonchev–Trinajstić information content (AvgIpc) is 2.83. The van der Waals surface area contributed by atoms with Gasteiger partial charge in [-0.2, -0.15) is 0 Å². The van der Waals surface area contributed by atoms with E-state index in [4.69, 9.17) is 0 Å². The first-order valence-electron chi connectivity index (χ1n) is 7.88. The Labute approximate surface area is 128 Å². The third kappa shape index (κ3) is 5.80. The zero-order chi connectivity index (χ0) is 15.1. The van der Waals surface area contributed by atoms with E-state index in [9.17, 15) is 0 Å². The summed E-state index contributed by atoms with van der Waals surface area (Å²) in [5.41, 5.74) is 0. The van der Waals surface area contributed by atoms with Crippen molar-refractivity contribution in [2.24, 2.45) is 11.8 Å². The molecular formula is C16H31N3S. The Morgan fingerprint density at radius 1 is 1.15 bits per heavy atom. The summed E-state index contributed by atoms with van der Waals surface area (Å²) in [6, 6.07) is 0.404. The smallest absolute Gasteiger partial charge is 0.185 e.